The molecule has 1 amide bonds. The summed E-state index contributed by atoms with van der Waals surface area (Å²) in [6, 6.07) is 9.92. The summed E-state index contributed by atoms with van der Waals surface area (Å²) >= 11 is 0. The quantitative estimate of drug-likeness (QED) is 0.800. The summed E-state index contributed by atoms with van der Waals surface area (Å²) in [7, 11) is 0. The molecule has 0 radical (unpaired) electrons. The van der Waals surface area contributed by atoms with Crippen molar-refractivity contribution in [1.29, 1.82) is 0 Å². The van der Waals surface area contributed by atoms with Crippen molar-refractivity contribution >= 4 is 5.91 Å². The van der Waals surface area contributed by atoms with Crippen LogP contribution < -0.4 is 10.6 Å². The molecule has 2 heterocycles. The van der Waals surface area contributed by atoms with Crippen molar-refractivity contribution in [3.8, 4) is 11.3 Å². The summed E-state index contributed by atoms with van der Waals surface area (Å²) in [5.41, 5.74) is 1.87. The molecule has 6 nitrogen and oxygen atoms in total. The fourth-order valence-electron chi connectivity index (χ4n) is 3.01. The molecule has 1 fully saturated rings. The van der Waals surface area contributed by atoms with Gasteiger partial charge in [0.25, 0.3) is 0 Å². The van der Waals surface area contributed by atoms with Gasteiger partial charge in [-0.25, -0.2) is 4.98 Å². The van der Waals surface area contributed by atoms with Crippen molar-refractivity contribution in [3.63, 3.8) is 0 Å². The number of aromatic nitrogens is 1. The molecule has 0 aliphatic carbocycles. The van der Waals surface area contributed by atoms with E-state index in [2.05, 4.69) is 20.5 Å². The SMILES string of the molecule is Cc1nc(CCC(=O)NCCN2CCNCC2)oc1-c1ccccc1. The fourth-order valence-corrected chi connectivity index (χ4v) is 3.01. The molecule has 2 N–H and O–H groups in total. The third-order valence-corrected chi connectivity index (χ3v) is 4.40. The lowest BCUT2D eigenvalue weighted by molar-refractivity contribution is -0.121. The van der Waals surface area contributed by atoms with Crippen molar-refractivity contribution in [3.05, 3.63) is 41.9 Å². The number of carbonyl (C=O) groups is 1. The number of aryl methyl sites for hydroxylation is 2. The largest absolute Gasteiger partial charge is 0.440 e. The van der Waals surface area contributed by atoms with Crippen LogP contribution in [0.3, 0.4) is 0 Å². The average Bonchev–Trinajstić information content (AvgIpc) is 3.02. The Hall–Kier alpha value is -2.18. The summed E-state index contributed by atoms with van der Waals surface area (Å²) in [5.74, 6) is 1.45. The first-order chi connectivity index (χ1) is 12.2. The van der Waals surface area contributed by atoms with Crippen LogP contribution in [0.25, 0.3) is 11.3 Å². The summed E-state index contributed by atoms with van der Waals surface area (Å²) in [4.78, 5) is 18.8. The van der Waals surface area contributed by atoms with E-state index in [0.717, 1.165) is 49.7 Å². The van der Waals surface area contributed by atoms with Gasteiger partial charge in [0.05, 0.1) is 5.69 Å². The summed E-state index contributed by atoms with van der Waals surface area (Å²) in [5, 5.41) is 6.31. The van der Waals surface area contributed by atoms with Gasteiger partial charge in [-0.3, -0.25) is 9.69 Å². The fraction of sp³-hybridized carbons (Fsp3) is 0.474. The average molecular weight is 342 g/mol. The number of rotatable bonds is 7. The van der Waals surface area contributed by atoms with Crippen LogP contribution in [0.1, 0.15) is 18.0 Å². The van der Waals surface area contributed by atoms with Crippen LogP contribution in [0.4, 0.5) is 0 Å². The highest BCUT2D eigenvalue weighted by molar-refractivity contribution is 5.76. The normalized spacial score (nSPS) is 15.2. The van der Waals surface area contributed by atoms with Crippen LogP contribution in [0.2, 0.25) is 0 Å². The van der Waals surface area contributed by atoms with Crippen LogP contribution in [-0.4, -0.2) is 55.1 Å². The molecular formula is C19H26N4O2. The van der Waals surface area contributed by atoms with E-state index in [1.54, 1.807) is 0 Å². The van der Waals surface area contributed by atoms with E-state index in [-0.39, 0.29) is 5.91 Å². The first-order valence-corrected chi connectivity index (χ1v) is 8.94. The maximum atomic E-state index is 12.0. The number of piperazine rings is 1. The van der Waals surface area contributed by atoms with E-state index in [9.17, 15) is 4.79 Å². The number of amides is 1. The molecule has 2 aromatic rings. The van der Waals surface area contributed by atoms with Crippen LogP contribution in [0.5, 0.6) is 0 Å². The Bertz CT molecular complexity index is 678. The van der Waals surface area contributed by atoms with Crippen molar-refractivity contribution in [2.45, 2.75) is 19.8 Å². The minimum Gasteiger partial charge on any atom is -0.440 e. The molecule has 0 unspecified atom stereocenters. The molecule has 1 aromatic heterocycles. The third kappa shape index (κ3) is 5.14. The number of oxazole rings is 1. The Kier molecular flexibility index (Phi) is 6.19. The Balaban J connectivity index is 1.43. The second-order valence-corrected chi connectivity index (χ2v) is 6.33. The molecule has 0 bridgehead atoms. The zero-order valence-electron chi connectivity index (χ0n) is 14.8. The second-order valence-electron chi connectivity index (χ2n) is 6.33. The predicted molar refractivity (Wildman–Crippen MR) is 97.3 cm³/mol. The van der Waals surface area contributed by atoms with Gasteiger partial charge in [0.15, 0.2) is 11.7 Å². The highest BCUT2D eigenvalue weighted by Gasteiger charge is 2.13. The maximum Gasteiger partial charge on any atom is 0.220 e. The Morgan fingerprint density at radius 1 is 1.28 bits per heavy atom. The van der Waals surface area contributed by atoms with Gasteiger partial charge in [-0.15, -0.1) is 0 Å². The second kappa shape index (κ2) is 8.78. The van der Waals surface area contributed by atoms with Gasteiger partial charge in [0.2, 0.25) is 5.91 Å². The molecule has 25 heavy (non-hydrogen) atoms. The van der Waals surface area contributed by atoms with Crippen LogP contribution >= 0.6 is 0 Å². The number of nitrogens with one attached hydrogen (secondary N) is 2. The van der Waals surface area contributed by atoms with Gasteiger partial charge in [0.1, 0.15) is 0 Å². The molecule has 3 rings (SSSR count). The van der Waals surface area contributed by atoms with E-state index in [0.29, 0.717) is 25.3 Å². The van der Waals surface area contributed by atoms with Gasteiger partial charge in [-0.1, -0.05) is 30.3 Å². The Labute approximate surface area is 148 Å². The van der Waals surface area contributed by atoms with Crippen molar-refractivity contribution < 1.29 is 9.21 Å². The molecule has 0 atom stereocenters. The van der Waals surface area contributed by atoms with Gasteiger partial charge in [-0.05, 0) is 6.92 Å². The lowest BCUT2D eigenvalue weighted by atomic mass is 10.1. The smallest absolute Gasteiger partial charge is 0.220 e. The van der Waals surface area contributed by atoms with Gasteiger partial charge < -0.3 is 15.1 Å². The highest BCUT2D eigenvalue weighted by Crippen LogP contribution is 2.24. The molecule has 1 saturated heterocycles. The Morgan fingerprint density at radius 2 is 2.04 bits per heavy atom. The lowest BCUT2D eigenvalue weighted by Crippen LogP contribution is -2.46. The lowest BCUT2D eigenvalue weighted by Gasteiger charge is -2.27. The van der Waals surface area contributed by atoms with E-state index in [1.807, 2.05) is 37.3 Å². The number of hydrogen-bond acceptors (Lipinski definition) is 5. The van der Waals surface area contributed by atoms with Crippen molar-refractivity contribution in [2.24, 2.45) is 0 Å². The van der Waals surface area contributed by atoms with Crippen molar-refractivity contribution in [2.75, 3.05) is 39.3 Å². The monoisotopic (exact) mass is 342 g/mol. The molecule has 6 heteroatoms. The zero-order valence-corrected chi connectivity index (χ0v) is 14.8. The van der Waals surface area contributed by atoms with Crippen LogP contribution in [-0.2, 0) is 11.2 Å². The summed E-state index contributed by atoms with van der Waals surface area (Å²) in [6.07, 6.45) is 0.920. The van der Waals surface area contributed by atoms with E-state index in [4.69, 9.17) is 4.42 Å². The molecule has 1 aromatic carbocycles. The molecule has 134 valence electrons. The molecular weight excluding hydrogens is 316 g/mol. The van der Waals surface area contributed by atoms with E-state index >= 15 is 0 Å². The number of nitrogens with zero attached hydrogens (tertiary/aromatic N) is 2. The van der Waals surface area contributed by atoms with Crippen molar-refractivity contribution in [1.82, 2.24) is 20.5 Å². The minimum atomic E-state index is 0.0484. The van der Waals surface area contributed by atoms with Gasteiger partial charge in [-0.2, -0.15) is 0 Å². The first-order valence-electron chi connectivity index (χ1n) is 8.94. The standard InChI is InChI=1S/C19H26N4O2/c1-15-19(16-5-3-2-4-6-16)25-18(22-15)8-7-17(24)21-11-14-23-12-9-20-10-13-23/h2-6,20H,7-14H2,1H3,(H,21,24). The Morgan fingerprint density at radius 3 is 2.80 bits per heavy atom. The number of carbonyl (C=O) groups excluding carboxylic acids is 1. The van der Waals surface area contributed by atoms with Crippen LogP contribution in [0, 0.1) is 6.92 Å². The molecule has 1 aliphatic heterocycles. The summed E-state index contributed by atoms with van der Waals surface area (Å²) < 4.78 is 5.84. The summed E-state index contributed by atoms with van der Waals surface area (Å²) in [6.45, 7) is 7.69. The van der Waals surface area contributed by atoms with Gasteiger partial charge in [0, 0.05) is 57.7 Å². The molecule has 1 aliphatic rings. The minimum absolute atomic E-state index is 0.0484. The predicted octanol–water partition coefficient (Wildman–Crippen LogP) is 1.60. The number of benzene rings is 1. The zero-order chi connectivity index (χ0) is 17.5. The third-order valence-electron chi connectivity index (χ3n) is 4.40. The number of hydrogen-bond donors (Lipinski definition) is 2. The first kappa shape index (κ1) is 17.6. The van der Waals surface area contributed by atoms with Crippen LogP contribution in [0.15, 0.2) is 34.7 Å². The molecule has 0 spiro atoms. The maximum absolute atomic E-state index is 12.0. The molecule has 0 saturated carbocycles. The van der Waals surface area contributed by atoms with E-state index < -0.39 is 0 Å². The van der Waals surface area contributed by atoms with Gasteiger partial charge >= 0.3 is 0 Å². The highest BCUT2D eigenvalue weighted by atomic mass is 16.4. The van der Waals surface area contributed by atoms with E-state index in [1.165, 1.54) is 0 Å². The topological polar surface area (TPSA) is 70.4 Å².